The summed E-state index contributed by atoms with van der Waals surface area (Å²) in [5.41, 5.74) is 15.4. The number of para-hydroxylation sites is 2. The van der Waals surface area contributed by atoms with Crippen molar-refractivity contribution in [3.8, 4) is 22.3 Å². The molecule has 0 fully saturated rings. The van der Waals surface area contributed by atoms with Crippen LogP contribution in [0.1, 0.15) is 21.6 Å². The predicted octanol–water partition coefficient (Wildman–Crippen LogP) is 18.8. The van der Waals surface area contributed by atoms with Crippen LogP contribution >= 0.6 is 11.3 Å². The largest absolute Gasteiger partial charge is 0.309 e. The second-order valence-electron chi connectivity index (χ2n) is 18.7. The maximum absolute atomic E-state index is 2.54. The second-order valence-corrected chi connectivity index (χ2v) is 19.7. The summed E-state index contributed by atoms with van der Waals surface area (Å²) in [6, 6.07) is 94.8. The Bertz CT molecular complexity index is 4270. The molecule has 1 spiro atoms. The Balaban J connectivity index is 1.06. The third kappa shape index (κ3) is 5.38. The lowest BCUT2D eigenvalue weighted by Gasteiger charge is -2.33. The minimum atomic E-state index is -0.603. The molecule has 1 heterocycles. The van der Waals surface area contributed by atoms with Crippen molar-refractivity contribution in [3.63, 3.8) is 0 Å². The van der Waals surface area contributed by atoms with E-state index in [1.54, 1.807) is 0 Å². The van der Waals surface area contributed by atoms with Crippen LogP contribution in [0.25, 0.3) is 75.4 Å². The molecule has 0 radical (unpaired) electrons. The van der Waals surface area contributed by atoms with E-state index >= 15 is 0 Å². The summed E-state index contributed by atoms with van der Waals surface area (Å²) in [4.78, 5) is 6.45. The normalized spacial score (nSPS) is 14.3. The van der Waals surface area contributed by atoms with Gasteiger partial charge in [-0.2, -0.15) is 0 Å². The molecule has 0 saturated carbocycles. The molecule has 3 heteroatoms. The van der Waals surface area contributed by atoms with Gasteiger partial charge in [0.05, 0.1) is 28.2 Å². The van der Waals surface area contributed by atoms with E-state index in [9.17, 15) is 0 Å². The molecular formula is C67H42N2S. The molecule has 326 valence electrons. The Labute approximate surface area is 410 Å². The highest BCUT2D eigenvalue weighted by Gasteiger charge is 2.55. The summed E-state index contributed by atoms with van der Waals surface area (Å²) in [7, 11) is 0. The quantitative estimate of drug-likeness (QED) is 0.153. The number of benzene rings is 12. The van der Waals surface area contributed by atoms with Gasteiger partial charge in [-0.1, -0.05) is 200 Å². The van der Waals surface area contributed by atoms with E-state index < -0.39 is 5.41 Å². The van der Waals surface area contributed by atoms with Crippen LogP contribution < -0.4 is 9.80 Å². The van der Waals surface area contributed by atoms with Gasteiger partial charge in [-0.3, -0.25) is 0 Å². The fourth-order valence-electron chi connectivity index (χ4n) is 12.4. The van der Waals surface area contributed by atoms with E-state index in [4.69, 9.17) is 0 Å². The second kappa shape index (κ2) is 15.1. The zero-order valence-electron chi connectivity index (χ0n) is 38.1. The highest BCUT2D eigenvalue weighted by atomic mass is 32.1. The maximum Gasteiger partial charge on any atom is 0.0821 e. The number of hydrogen-bond donors (Lipinski definition) is 0. The monoisotopic (exact) mass is 906 g/mol. The van der Waals surface area contributed by atoms with Crippen LogP contribution in [0.3, 0.4) is 0 Å². The van der Waals surface area contributed by atoms with Crippen molar-refractivity contribution < 1.29 is 0 Å². The number of fused-ring (bicyclic) bond motifs is 18. The van der Waals surface area contributed by atoms with Gasteiger partial charge in [0.2, 0.25) is 0 Å². The van der Waals surface area contributed by atoms with Gasteiger partial charge in [-0.25, -0.2) is 0 Å². The highest BCUT2D eigenvalue weighted by Crippen LogP contribution is 2.69. The van der Waals surface area contributed by atoms with Crippen LogP contribution in [0, 0.1) is 0 Å². The molecule has 1 atom stereocenters. The number of hydrogen-bond acceptors (Lipinski definition) is 3. The Hall–Kier alpha value is -8.76. The molecular weight excluding hydrogens is 865 g/mol. The van der Waals surface area contributed by atoms with Crippen LogP contribution in [-0.2, 0) is 5.41 Å². The van der Waals surface area contributed by atoms with Crippen molar-refractivity contribution in [2.45, 2.75) is 5.41 Å². The molecule has 12 aromatic carbocycles. The highest BCUT2D eigenvalue weighted by molar-refractivity contribution is 7.20. The van der Waals surface area contributed by atoms with Crippen molar-refractivity contribution in [1.29, 1.82) is 0 Å². The standard InChI is InChI=1S/C67H42N2S/c1-3-23-45(24-4-1)68(60-41-43-21-7-9-27-47(43)49-29-11-13-31-51(49)60)58-38-19-36-56-63(58)53-33-15-17-35-55(53)67(56)57-37-20-39-59(65(57)64-54-34-16-18-40-62(54)70-66(64)67)69(46-25-5-2-6-26-46)61-42-44-22-8-10-28-48(44)50-30-12-14-32-52(50)61/h1-42H. The van der Waals surface area contributed by atoms with Crippen LogP contribution in [0.5, 0.6) is 0 Å². The van der Waals surface area contributed by atoms with Crippen molar-refractivity contribution in [2.24, 2.45) is 0 Å². The molecule has 0 bridgehead atoms. The molecule has 1 unspecified atom stereocenters. The van der Waals surface area contributed by atoms with Gasteiger partial charge in [0.25, 0.3) is 0 Å². The van der Waals surface area contributed by atoms with Crippen LogP contribution in [0.15, 0.2) is 255 Å². The fraction of sp³-hybridized carbons (Fsp3) is 0.0149. The number of thiophene rings is 1. The van der Waals surface area contributed by atoms with Gasteiger partial charge in [0.1, 0.15) is 0 Å². The summed E-state index contributed by atoms with van der Waals surface area (Å²) in [6.07, 6.45) is 0. The topological polar surface area (TPSA) is 6.48 Å². The van der Waals surface area contributed by atoms with E-state index in [1.165, 1.54) is 103 Å². The molecule has 0 aliphatic heterocycles. The molecule has 70 heavy (non-hydrogen) atoms. The number of rotatable bonds is 6. The third-order valence-corrected chi connectivity index (χ3v) is 16.5. The summed E-state index contributed by atoms with van der Waals surface area (Å²) in [5, 5.41) is 11.2. The third-order valence-electron chi connectivity index (χ3n) is 15.2. The molecule has 1 aromatic heterocycles. The SMILES string of the molecule is c1ccc(N(c2cccc3c2-c2ccccc2C32c3cccc(N(c4ccccc4)c4cc5ccccc5c5ccccc45)c3-c3c2sc2ccccc32)c2cc3ccccc3c3ccccc23)cc1. The Morgan fingerprint density at radius 1 is 0.286 bits per heavy atom. The van der Waals surface area contributed by atoms with Gasteiger partial charge < -0.3 is 9.80 Å². The first-order chi connectivity index (χ1) is 34.8. The van der Waals surface area contributed by atoms with E-state index in [0.717, 1.165) is 28.4 Å². The summed E-state index contributed by atoms with van der Waals surface area (Å²) in [5.74, 6) is 0. The van der Waals surface area contributed by atoms with E-state index in [1.807, 2.05) is 11.3 Å². The van der Waals surface area contributed by atoms with Gasteiger partial charge in [0, 0.05) is 53.8 Å². The lowest BCUT2D eigenvalue weighted by Crippen LogP contribution is -2.25. The van der Waals surface area contributed by atoms with Crippen LogP contribution in [0.2, 0.25) is 0 Å². The Morgan fingerprint density at radius 3 is 1.30 bits per heavy atom. The Morgan fingerprint density at radius 2 is 0.714 bits per heavy atom. The first-order valence-corrected chi connectivity index (χ1v) is 25.0. The molecule has 0 amide bonds. The fourth-order valence-corrected chi connectivity index (χ4v) is 13.9. The van der Waals surface area contributed by atoms with E-state index in [-0.39, 0.29) is 0 Å². The zero-order valence-corrected chi connectivity index (χ0v) is 38.9. The molecule has 0 N–H and O–H groups in total. The van der Waals surface area contributed by atoms with Crippen LogP contribution in [0.4, 0.5) is 34.1 Å². The van der Waals surface area contributed by atoms with Gasteiger partial charge in [-0.15, -0.1) is 11.3 Å². The first-order valence-electron chi connectivity index (χ1n) is 24.2. The van der Waals surface area contributed by atoms with Gasteiger partial charge in [-0.05, 0) is 109 Å². The van der Waals surface area contributed by atoms with Crippen molar-refractivity contribution >= 4 is 98.6 Å². The molecule has 0 saturated heterocycles. The minimum absolute atomic E-state index is 0.603. The van der Waals surface area contributed by atoms with E-state index in [2.05, 4.69) is 265 Å². The summed E-state index contributed by atoms with van der Waals surface area (Å²) >= 11 is 1.96. The number of anilines is 6. The molecule has 13 aromatic rings. The van der Waals surface area contributed by atoms with E-state index in [0.29, 0.717) is 0 Å². The average Bonchev–Trinajstić information content (AvgIpc) is 4.07. The summed E-state index contributed by atoms with van der Waals surface area (Å²) < 4.78 is 1.30. The van der Waals surface area contributed by atoms with Crippen LogP contribution in [-0.4, -0.2) is 0 Å². The molecule has 2 aliphatic rings. The average molecular weight is 907 g/mol. The smallest absolute Gasteiger partial charge is 0.0821 e. The lowest BCUT2D eigenvalue weighted by atomic mass is 9.73. The predicted molar refractivity (Wildman–Crippen MR) is 298 cm³/mol. The van der Waals surface area contributed by atoms with Gasteiger partial charge >= 0.3 is 0 Å². The molecule has 2 aliphatic carbocycles. The van der Waals surface area contributed by atoms with Crippen molar-refractivity contribution in [1.82, 2.24) is 0 Å². The zero-order chi connectivity index (χ0) is 45.9. The Kier molecular flexibility index (Phi) is 8.48. The molecule has 2 nitrogen and oxygen atoms in total. The maximum atomic E-state index is 2.54. The molecule has 15 rings (SSSR count). The van der Waals surface area contributed by atoms with Crippen molar-refractivity contribution in [3.05, 3.63) is 276 Å². The minimum Gasteiger partial charge on any atom is -0.309 e. The van der Waals surface area contributed by atoms with Crippen molar-refractivity contribution in [2.75, 3.05) is 9.80 Å². The first kappa shape index (κ1) is 39.3. The number of nitrogens with zero attached hydrogens (tertiary/aromatic N) is 2. The lowest BCUT2D eigenvalue weighted by molar-refractivity contribution is 0.811. The van der Waals surface area contributed by atoms with Gasteiger partial charge in [0.15, 0.2) is 0 Å². The summed E-state index contributed by atoms with van der Waals surface area (Å²) in [6.45, 7) is 0.